The summed E-state index contributed by atoms with van der Waals surface area (Å²) in [6, 6.07) is 21.3. The van der Waals surface area contributed by atoms with Crippen molar-refractivity contribution in [1.29, 1.82) is 0 Å². The molecule has 1 heterocycles. The van der Waals surface area contributed by atoms with Gasteiger partial charge in [-0.1, -0.05) is 77.3 Å². The number of nitrogens with zero attached hydrogens (tertiary/aromatic N) is 1. The van der Waals surface area contributed by atoms with Crippen molar-refractivity contribution < 1.29 is 8.42 Å². The fourth-order valence-electron chi connectivity index (χ4n) is 3.32. The average Bonchev–Trinajstić information content (AvgIpc) is 3.01. The van der Waals surface area contributed by atoms with Crippen LogP contribution in [0.2, 0.25) is 10.0 Å². The number of halogens is 4. The summed E-state index contributed by atoms with van der Waals surface area (Å²) < 4.78 is 30.9. The summed E-state index contributed by atoms with van der Waals surface area (Å²) in [5.74, 6) is 0. The van der Waals surface area contributed by atoms with E-state index in [1.807, 2.05) is 43.3 Å². The third-order valence-electron chi connectivity index (χ3n) is 4.83. The van der Waals surface area contributed by atoms with Crippen LogP contribution in [0.4, 0.5) is 0 Å². The number of hydrogen-bond donors (Lipinski definition) is 0. The van der Waals surface area contributed by atoms with E-state index in [-0.39, 0.29) is 4.90 Å². The molecule has 0 atom stereocenters. The molecule has 3 nitrogen and oxygen atoms in total. The van der Waals surface area contributed by atoms with Gasteiger partial charge in [-0.3, -0.25) is 0 Å². The molecule has 0 aliphatic rings. The molecule has 0 saturated carbocycles. The van der Waals surface area contributed by atoms with Crippen molar-refractivity contribution in [3.8, 4) is 22.5 Å². The number of rotatable bonds is 4. The highest BCUT2D eigenvalue weighted by Gasteiger charge is 2.32. The van der Waals surface area contributed by atoms with Gasteiger partial charge in [0.15, 0.2) is 0 Å². The van der Waals surface area contributed by atoms with Crippen molar-refractivity contribution in [2.45, 2.75) is 11.8 Å². The van der Waals surface area contributed by atoms with Crippen molar-refractivity contribution in [2.24, 2.45) is 0 Å². The first-order chi connectivity index (χ1) is 14.7. The van der Waals surface area contributed by atoms with E-state index in [4.69, 9.17) is 23.2 Å². The Hall–Kier alpha value is -1.07. The standard InChI is InChI=1S/C23H15Cl2I2NO2S/c1-14-10-12-15(13-11-14)31(29,30)28-22(16-6-2-4-8-18(16)24)20(26)21(27)23(28)17-7-3-5-9-19(17)25/h2-13H,1H3. The quantitative estimate of drug-likeness (QED) is 0.204. The molecule has 0 spiro atoms. The second-order valence-corrected chi connectivity index (χ2v) is 11.6. The van der Waals surface area contributed by atoms with Gasteiger partial charge in [0.2, 0.25) is 0 Å². The lowest BCUT2D eigenvalue weighted by molar-refractivity contribution is 0.588. The zero-order chi connectivity index (χ0) is 22.3. The second-order valence-electron chi connectivity index (χ2n) is 6.87. The lowest BCUT2D eigenvalue weighted by atomic mass is 10.1. The SMILES string of the molecule is Cc1ccc(S(=O)(=O)n2c(-c3ccccc3Cl)c(I)c(I)c2-c2ccccc2Cl)cc1. The van der Waals surface area contributed by atoms with Crippen molar-refractivity contribution >= 4 is 78.4 Å². The highest BCUT2D eigenvalue weighted by atomic mass is 127. The van der Waals surface area contributed by atoms with Crippen molar-refractivity contribution in [3.63, 3.8) is 0 Å². The second kappa shape index (κ2) is 9.05. The molecule has 0 aliphatic carbocycles. The number of aromatic nitrogens is 1. The molecule has 4 aromatic rings. The molecule has 31 heavy (non-hydrogen) atoms. The number of benzene rings is 3. The third kappa shape index (κ3) is 4.17. The van der Waals surface area contributed by atoms with Gasteiger partial charge in [-0.15, -0.1) is 0 Å². The van der Waals surface area contributed by atoms with E-state index in [1.54, 1.807) is 36.4 Å². The largest absolute Gasteiger partial charge is 0.268 e. The molecule has 0 aliphatic heterocycles. The average molecular weight is 694 g/mol. The van der Waals surface area contributed by atoms with Gasteiger partial charge in [0.25, 0.3) is 10.0 Å². The summed E-state index contributed by atoms with van der Waals surface area (Å²) in [5, 5.41) is 0.945. The van der Waals surface area contributed by atoms with E-state index in [2.05, 4.69) is 45.2 Å². The van der Waals surface area contributed by atoms with E-state index < -0.39 is 10.0 Å². The summed E-state index contributed by atoms with van der Waals surface area (Å²) in [4.78, 5) is 0.197. The smallest absolute Gasteiger partial charge is 0.231 e. The molecule has 0 saturated heterocycles. The van der Waals surface area contributed by atoms with E-state index in [0.717, 1.165) is 12.7 Å². The molecule has 158 valence electrons. The number of aryl methyl sites for hydroxylation is 1. The fraction of sp³-hybridized carbons (Fsp3) is 0.0435. The first kappa shape index (κ1) is 23.1. The summed E-state index contributed by atoms with van der Waals surface area (Å²) in [5.41, 5.74) is 3.30. The first-order valence-electron chi connectivity index (χ1n) is 9.15. The zero-order valence-electron chi connectivity index (χ0n) is 16.1. The highest BCUT2D eigenvalue weighted by Crippen LogP contribution is 2.44. The lowest BCUT2D eigenvalue weighted by Crippen LogP contribution is -2.16. The predicted molar refractivity (Wildman–Crippen MR) is 145 cm³/mol. The monoisotopic (exact) mass is 693 g/mol. The molecule has 0 bridgehead atoms. The van der Waals surface area contributed by atoms with Crippen LogP contribution in [-0.4, -0.2) is 12.4 Å². The fourth-order valence-corrected chi connectivity index (χ4v) is 7.22. The minimum Gasteiger partial charge on any atom is -0.231 e. The van der Waals surface area contributed by atoms with E-state index in [1.165, 1.54) is 3.97 Å². The summed E-state index contributed by atoms with van der Waals surface area (Å²) in [7, 11) is -3.96. The van der Waals surface area contributed by atoms with E-state index >= 15 is 0 Å². The Balaban J connectivity index is 2.16. The maximum absolute atomic E-state index is 14.0. The molecule has 0 radical (unpaired) electrons. The Labute approximate surface area is 218 Å². The molecule has 0 unspecified atom stereocenters. The van der Waals surface area contributed by atoms with Crippen molar-refractivity contribution in [3.05, 3.63) is 95.5 Å². The van der Waals surface area contributed by atoms with Gasteiger partial charge in [0, 0.05) is 21.2 Å². The molecule has 4 rings (SSSR count). The molecular weight excluding hydrogens is 679 g/mol. The van der Waals surface area contributed by atoms with Crippen LogP contribution in [0.25, 0.3) is 22.5 Å². The lowest BCUT2D eigenvalue weighted by Gasteiger charge is -2.16. The van der Waals surface area contributed by atoms with Gasteiger partial charge in [0.05, 0.1) is 23.4 Å². The summed E-state index contributed by atoms with van der Waals surface area (Å²) in [6.07, 6.45) is 0. The zero-order valence-corrected chi connectivity index (χ0v) is 22.8. The third-order valence-corrected chi connectivity index (χ3v) is 10.3. The Bertz CT molecular complexity index is 1330. The van der Waals surface area contributed by atoms with Gasteiger partial charge in [-0.25, -0.2) is 12.4 Å². The van der Waals surface area contributed by atoms with Gasteiger partial charge in [-0.2, -0.15) is 0 Å². The predicted octanol–water partition coefficient (Wildman–Crippen LogP) is 7.88. The van der Waals surface area contributed by atoms with Crippen LogP contribution in [0, 0.1) is 14.1 Å². The van der Waals surface area contributed by atoms with Crippen LogP contribution in [-0.2, 0) is 10.0 Å². The van der Waals surface area contributed by atoms with Crippen LogP contribution < -0.4 is 0 Å². The Kier molecular flexibility index (Phi) is 6.75. The summed E-state index contributed by atoms with van der Waals surface area (Å²) in [6.45, 7) is 1.92. The maximum Gasteiger partial charge on any atom is 0.268 e. The van der Waals surface area contributed by atoms with E-state index in [9.17, 15) is 8.42 Å². The molecule has 0 fully saturated rings. The molecule has 8 heteroatoms. The Morgan fingerprint density at radius 3 is 1.55 bits per heavy atom. The summed E-state index contributed by atoms with van der Waals surface area (Å²) >= 11 is 17.4. The minimum atomic E-state index is -3.96. The first-order valence-corrected chi connectivity index (χ1v) is 13.5. The van der Waals surface area contributed by atoms with Crippen molar-refractivity contribution in [2.75, 3.05) is 0 Å². The number of hydrogen-bond acceptors (Lipinski definition) is 2. The maximum atomic E-state index is 14.0. The molecular formula is C23H15Cl2I2NO2S. The molecule has 0 N–H and O–H groups in total. The highest BCUT2D eigenvalue weighted by molar-refractivity contribution is 14.1. The Morgan fingerprint density at radius 1 is 0.710 bits per heavy atom. The van der Waals surface area contributed by atoms with Crippen LogP contribution >= 0.6 is 68.4 Å². The van der Waals surface area contributed by atoms with Crippen molar-refractivity contribution in [1.82, 2.24) is 3.97 Å². The molecule has 3 aromatic carbocycles. The van der Waals surface area contributed by atoms with Gasteiger partial charge < -0.3 is 0 Å². The van der Waals surface area contributed by atoms with Crippen LogP contribution in [0.5, 0.6) is 0 Å². The van der Waals surface area contributed by atoms with Gasteiger partial charge in [-0.05, 0) is 76.4 Å². The topological polar surface area (TPSA) is 39.1 Å². The molecule has 0 amide bonds. The van der Waals surface area contributed by atoms with E-state index in [0.29, 0.717) is 32.6 Å². The van der Waals surface area contributed by atoms with Crippen LogP contribution in [0.15, 0.2) is 77.7 Å². The Morgan fingerprint density at radius 2 is 1.13 bits per heavy atom. The minimum absolute atomic E-state index is 0.197. The van der Waals surface area contributed by atoms with Gasteiger partial charge >= 0.3 is 0 Å². The normalized spacial score (nSPS) is 11.6. The van der Waals surface area contributed by atoms with Gasteiger partial charge in [0.1, 0.15) is 0 Å². The molecule has 1 aromatic heterocycles. The van der Waals surface area contributed by atoms with Crippen LogP contribution in [0.3, 0.4) is 0 Å². The van der Waals surface area contributed by atoms with Crippen LogP contribution in [0.1, 0.15) is 5.56 Å².